The van der Waals surface area contributed by atoms with E-state index in [1.54, 1.807) is 12.1 Å². The van der Waals surface area contributed by atoms with Crippen LogP contribution in [0.4, 0.5) is 11.4 Å². The third-order valence-electron chi connectivity index (χ3n) is 3.65. The number of hydrogen-bond acceptors (Lipinski definition) is 5. The van der Waals surface area contributed by atoms with Crippen LogP contribution >= 0.6 is 0 Å². The van der Waals surface area contributed by atoms with Gasteiger partial charge in [-0.25, -0.2) is 4.79 Å². The topological polar surface area (TPSA) is 67.6 Å². The first-order valence-electron chi connectivity index (χ1n) is 6.53. The summed E-state index contributed by atoms with van der Waals surface area (Å²) in [7, 11) is 3.50. The maximum atomic E-state index is 11.7. The van der Waals surface area contributed by atoms with Crippen molar-refractivity contribution in [2.24, 2.45) is 0 Å². The number of rotatable bonds is 4. The molecule has 0 saturated carbocycles. The van der Waals surface area contributed by atoms with Crippen molar-refractivity contribution in [3.05, 3.63) is 23.8 Å². The van der Waals surface area contributed by atoms with Gasteiger partial charge in [-0.05, 0) is 44.6 Å². The normalized spacial score (nSPS) is 19.4. The summed E-state index contributed by atoms with van der Waals surface area (Å²) in [6, 6.07) is 5.78. The Labute approximate surface area is 113 Å². The molecule has 1 unspecified atom stereocenters. The maximum absolute atomic E-state index is 11.7. The molecule has 0 radical (unpaired) electrons. The Balaban J connectivity index is 2.08. The summed E-state index contributed by atoms with van der Waals surface area (Å²) in [5, 5.41) is 3.33. The molecule has 0 aromatic heterocycles. The Morgan fingerprint density at radius 1 is 1.58 bits per heavy atom. The fourth-order valence-corrected chi connectivity index (χ4v) is 2.46. The van der Waals surface area contributed by atoms with Crippen LogP contribution in [-0.2, 0) is 4.74 Å². The van der Waals surface area contributed by atoms with Gasteiger partial charge >= 0.3 is 5.97 Å². The molecule has 104 valence electrons. The predicted octanol–water partition coefficient (Wildman–Crippen LogP) is 1.56. The Hall–Kier alpha value is -1.75. The molecular weight excluding hydrogens is 242 g/mol. The molecule has 0 amide bonds. The number of nitrogens with two attached hydrogens (primary N) is 1. The summed E-state index contributed by atoms with van der Waals surface area (Å²) in [6.45, 7) is 1.96. The van der Waals surface area contributed by atoms with Crippen LogP contribution in [0.5, 0.6) is 0 Å². The van der Waals surface area contributed by atoms with Gasteiger partial charge in [-0.1, -0.05) is 0 Å². The lowest BCUT2D eigenvalue weighted by Gasteiger charge is -2.21. The quantitative estimate of drug-likeness (QED) is 0.637. The van der Waals surface area contributed by atoms with E-state index in [4.69, 9.17) is 10.5 Å². The summed E-state index contributed by atoms with van der Waals surface area (Å²) in [5.41, 5.74) is 7.54. The lowest BCUT2D eigenvalue weighted by molar-refractivity contribution is 0.0602. The Bertz CT molecular complexity index is 462. The molecule has 19 heavy (non-hydrogen) atoms. The van der Waals surface area contributed by atoms with Crippen molar-refractivity contribution in [2.45, 2.75) is 18.9 Å². The molecule has 5 heteroatoms. The third-order valence-corrected chi connectivity index (χ3v) is 3.65. The molecule has 1 atom stereocenters. The van der Waals surface area contributed by atoms with E-state index in [-0.39, 0.29) is 5.97 Å². The highest BCUT2D eigenvalue weighted by atomic mass is 16.5. The van der Waals surface area contributed by atoms with Gasteiger partial charge in [-0.15, -0.1) is 0 Å². The first kappa shape index (κ1) is 13.7. The molecule has 1 saturated heterocycles. The van der Waals surface area contributed by atoms with Crippen LogP contribution < -0.4 is 11.1 Å². The van der Waals surface area contributed by atoms with Gasteiger partial charge in [0, 0.05) is 24.0 Å². The van der Waals surface area contributed by atoms with Gasteiger partial charge in [0.2, 0.25) is 0 Å². The van der Waals surface area contributed by atoms with Crippen LogP contribution in [0.25, 0.3) is 0 Å². The minimum Gasteiger partial charge on any atom is -0.465 e. The van der Waals surface area contributed by atoms with E-state index in [0.717, 1.165) is 18.8 Å². The van der Waals surface area contributed by atoms with E-state index in [9.17, 15) is 4.79 Å². The van der Waals surface area contributed by atoms with Gasteiger partial charge in [-0.2, -0.15) is 0 Å². The Morgan fingerprint density at radius 2 is 2.37 bits per heavy atom. The number of benzene rings is 1. The fourth-order valence-electron chi connectivity index (χ4n) is 2.46. The number of methoxy groups -OCH3 is 1. The predicted molar refractivity (Wildman–Crippen MR) is 76.3 cm³/mol. The Morgan fingerprint density at radius 3 is 3.00 bits per heavy atom. The molecule has 0 spiro atoms. The molecule has 1 aromatic rings. The van der Waals surface area contributed by atoms with Gasteiger partial charge in [0.15, 0.2) is 0 Å². The number of carbonyl (C=O) groups excluding carboxylic acids is 1. The van der Waals surface area contributed by atoms with Crippen LogP contribution in [0, 0.1) is 0 Å². The average molecular weight is 263 g/mol. The SMILES string of the molecule is COC(=O)c1cc(N)ccc1NCC1CCCN1C. The van der Waals surface area contributed by atoms with E-state index < -0.39 is 0 Å². The molecule has 3 N–H and O–H groups in total. The number of carbonyl (C=O) groups is 1. The first-order chi connectivity index (χ1) is 9.11. The van der Waals surface area contributed by atoms with Gasteiger partial charge in [-0.3, -0.25) is 0 Å². The molecule has 1 aliphatic rings. The van der Waals surface area contributed by atoms with E-state index >= 15 is 0 Å². The first-order valence-corrected chi connectivity index (χ1v) is 6.53. The minimum atomic E-state index is -0.366. The van der Waals surface area contributed by atoms with Crippen molar-refractivity contribution in [2.75, 3.05) is 38.3 Å². The van der Waals surface area contributed by atoms with Crippen molar-refractivity contribution in [3.8, 4) is 0 Å². The molecule has 0 aliphatic carbocycles. The standard InChI is InChI=1S/C14H21N3O2/c1-17-7-3-4-11(17)9-16-13-6-5-10(15)8-12(13)14(18)19-2/h5-6,8,11,16H,3-4,7,9,15H2,1-2H3. The molecule has 1 heterocycles. The van der Waals surface area contributed by atoms with Crippen LogP contribution in [0.15, 0.2) is 18.2 Å². The van der Waals surface area contributed by atoms with E-state index in [1.165, 1.54) is 20.0 Å². The summed E-state index contributed by atoms with van der Waals surface area (Å²) >= 11 is 0. The molecule has 1 aromatic carbocycles. The van der Waals surface area contributed by atoms with E-state index in [0.29, 0.717) is 17.3 Å². The second-order valence-corrected chi connectivity index (χ2v) is 4.95. The van der Waals surface area contributed by atoms with Gasteiger partial charge in [0.1, 0.15) is 0 Å². The summed E-state index contributed by atoms with van der Waals surface area (Å²) < 4.78 is 4.78. The molecule has 2 rings (SSSR count). The maximum Gasteiger partial charge on any atom is 0.340 e. The molecule has 1 fully saturated rings. The number of likely N-dealkylation sites (tertiary alicyclic amines) is 1. The van der Waals surface area contributed by atoms with Gasteiger partial charge < -0.3 is 20.7 Å². The van der Waals surface area contributed by atoms with Crippen LogP contribution in [0.1, 0.15) is 23.2 Å². The number of hydrogen-bond donors (Lipinski definition) is 2. The molecule has 5 nitrogen and oxygen atoms in total. The third kappa shape index (κ3) is 3.17. The molecule has 0 bridgehead atoms. The molecule has 1 aliphatic heterocycles. The van der Waals surface area contributed by atoms with E-state index in [1.807, 2.05) is 6.07 Å². The lowest BCUT2D eigenvalue weighted by atomic mass is 10.1. The van der Waals surface area contributed by atoms with E-state index in [2.05, 4.69) is 17.3 Å². The van der Waals surface area contributed by atoms with Crippen molar-refractivity contribution in [3.63, 3.8) is 0 Å². The highest BCUT2D eigenvalue weighted by Gasteiger charge is 2.21. The monoisotopic (exact) mass is 263 g/mol. The number of nitrogen functional groups attached to an aromatic ring is 1. The number of nitrogens with zero attached hydrogens (tertiary/aromatic N) is 1. The highest BCUT2D eigenvalue weighted by Crippen LogP contribution is 2.21. The summed E-state index contributed by atoms with van der Waals surface area (Å²) in [4.78, 5) is 14.1. The number of ether oxygens (including phenoxy) is 1. The van der Waals surface area contributed by atoms with Gasteiger partial charge in [0.25, 0.3) is 0 Å². The van der Waals surface area contributed by atoms with Crippen LogP contribution in [0.3, 0.4) is 0 Å². The number of esters is 1. The van der Waals surface area contributed by atoms with Gasteiger partial charge in [0.05, 0.1) is 12.7 Å². The fraction of sp³-hybridized carbons (Fsp3) is 0.500. The van der Waals surface area contributed by atoms with Crippen molar-refractivity contribution in [1.82, 2.24) is 4.90 Å². The lowest BCUT2D eigenvalue weighted by Crippen LogP contribution is -2.31. The number of likely N-dealkylation sites (N-methyl/N-ethyl adjacent to an activating group) is 1. The smallest absolute Gasteiger partial charge is 0.340 e. The van der Waals surface area contributed by atoms with Crippen LogP contribution in [0.2, 0.25) is 0 Å². The van der Waals surface area contributed by atoms with Crippen molar-refractivity contribution < 1.29 is 9.53 Å². The second-order valence-electron chi connectivity index (χ2n) is 4.95. The van der Waals surface area contributed by atoms with Crippen LogP contribution in [-0.4, -0.2) is 44.2 Å². The minimum absolute atomic E-state index is 0.366. The zero-order valence-electron chi connectivity index (χ0n) is 11.5. The summed E-state index contributed by atoms with van der Waals surface area (Å²) in [6.07, 6.45) is 2.42. The summed E-state index contributed by atoms with van der Waals surface area (Å²) in [5.74, 6) is -0.366. The largest absolute Gasteiger partial charge is 0.465 e. The average Bonchev–Trinajstić information content (AvgIpc) is 2.82. The zero-order chi connectivity index (χ0) is 13.8. The zero-order valence-corrected chi connectivity index (χ0v) is 11.5. The number of anilines is 2. The molecular formula is C14H21N3O2. The highest BCUT2D eigenvalue weighted by molar-refractivity contribution is 5.96. The Kier molecular flexibility index (Phi) is 4.27. The second kappa shape index (κ2) is 5.93. The number of nitrogens with one attached hydrogen (secondary N) is 1. The van der Waals surface area contributed by atoms with Crippen molar-refractivity contribution >= 4 is 17.3 Å². The van der Waals surface area contributed by atoms with Crippen molar-refractivity contribution in [1.29, 1.82) is 0 Å².